The summed E-state index contributed by atoms with van der Waals surface area (Å²) in [6, 6.07) is 6.10. The summed E-state index contributed by atoms with van der Waals surface area (Å²) in [5, 5.41) is -0.155. The Hall–Kier alpha value is -2.81. The summed E-state index contributed by atoms with van der Waals surface area (Å²) in [4.78, 5) is 19.5. The van der Waals surface area contributed by atoms with Gasteiger partial charge in [-0.05, 0) is 49.8 Å². The second-order valence-corrected chi connectivity index (χ2v) is 6.94. The predicted molar refractivity (Wildman–Crippen MR) is 110 cm³/mol. The number of nitrogens with one attached hydrogen (secondary N) is 1. The second kappa shape index (κ2) is 8.28. The summed E-state index contributed by atoms with van der Waals surface area (Å²) < 4.78 is 40.1. The number of aromatic amines is 1. The lowest BCUT2D eigenvalue weighted by Crippen LogP contribution is -2.19. The maximum atomic E-state index is 13.9. The van der Waals surface area contributed by atoms with E-state index in [0.717, 1.165) is 0 Å². The lowest BCUT2D eigenvalue weighted by atomic mass is 10.1. The molecule has 3 rings (SSSR count). The standard InChI is InChI=1S/C20H21F2N3O3S/c1-5-10(2)25-18-16(19(26)24-20(25)29)12(17(21)22)9-13(23-18)11-6-7-14(27-3)15(8-11)28-4/h6-10,17H,5H2,1-4H3,(H,24,26,29). The van der Waals surface area contributed by atoms with Crippen LogP contribution >= 0.6 is 12.2 Å². The van der Waals surface area contributed by atoms with Crippen LogP contribution in [0.4, 0.5) is 8.78 Å². The van der Waals surface area contributed by atoms with Crippen LogP contribution < -0.4 is 15.0 Å². The van der Waals surface area contributed by atoms with Crippen LogP contribution in [0.15, 0.2) is 29.1 Å². The van der Waals surface area contributed by atoms with Gasteiger partial charge in [0.25, 0.3) is 12.0 Å². The molecule has 0 saturated carbocycles. The number of methoxy groups -OCH3 is 2. The lowest BCUT2D eigenvalue weighted by Gasteiger charge is -2.18. The van der Waals surface area contributed by atoms with E-state index in [1.807, 2.05) is 13.8 Å². The number of aromatic nitrogens is 3. The van der Waals surface area contributed by atoms with E-state index in [9.17, 15) is 13.6 Å². The highest BCUT2D eigenvalue weighted by Gasteiger charge is 2.22. The SMILES string of the molecule is CCC(C)n1c(=S)[nH]c(=O)c2c(C(F)F)cc(-c3ccc(OC)c(OC)c3)nc21. The molecule has 9 heteroatoms. The Kier molecular flexibility index (Phi) is 5.97. The zero-order valence-corrected chi connectivity index (χ0v) is 17.3. The molecule has 0 aliphatic carbocycles. The molecule has 154 valence electrons. The van der Waals surface area contributed by atoms with Crippen molar-refractivity contribution in [3.05, 3.63) is 45.0 Å². The normalized spacial score (nSPS) is 12.4. The molecule has 0 amide bonds. The topological polar surface area (TPSA) is 69.1 Å². The highest BCUT2D eigenvalue weighted by Crippen LogP contribution is 2.35. The molecule has 1 atom stereocenters. The van der Waals surface area contributed by atoms with Crippen molar-refractivity contribution in [3.8, 4) is 22.8 Å². The molecule has 2 heterocycles. The number of nitrogens with zero attached hydrogens (tertiary/aromatic N) is 2. The van der Waals surface area contributed by atoms with Crippen molar-refractivity contribution in [2.75, 3.05) is 14.2 Å². The monoisotopic (exact) mass is 421 g/mol. The molecule has 29 heavy (non-hydrogen) atoms. The molecule has 6 nitrogen and oxygen atoms in total. The van der Waals surface area contributed by atoms with E-state index in [0.29, 0.717) is 23.5 Å². The molecule has 1 unspecified atom stereocenters. The maximum absolute atomic E-state index is 13.9. The number of fused-ring (bicyclic) bond motifs is 1. The highest BCUT2D eigenvalue weighted by molar-refractivity contribution is 7.71. The van der Waals surface area contributed by atoms with Crippen LogP contribution in [-0.4, -0.2) is 28.8 Å². The van der Waals surface area contributed by atoms with Gasteiger partial charge in [0.1, 0.15) is 5.65 Å². The van der Waals surface area contributed by atoms with Gasteiger partial charge in [-0.15, -0.1) is 0 Å². The minimum Gasteiger partial charge on any atom is -0.493 e. The first-order valence-electron chi connectivity index (χ1n) is 9.02. The summed E-state index contributed by atoms with van der Waals surface area (Å²) in [6.45, 7) is 3.83. The number of hydrogen-bond acceptors (Lipinski definition) is 5. The first kappa shape index (κ1) is 20.9. The number of benzene rings is 1. The Labute approximate surface area is 171 Å². The van der Waals surface area contributed by atoms with Gasteiger partial charge in [-0.1, -0.05) is 6.92 Å². The third kappa shape index (κ3) is 3.74. The molecule has 1 N–H and O–H groups in total. The van der Waals surface area contributed by atoms with Gasteiger partial charge in [0.2, 0.25) is 0 Å². The van der Waals surface area contributed by atoms with Crippen molar-refractivity contribution in [1.82, 2.24) is 14.5 Å². The molecule has 0 saturated heterocycles. The minimum atomic E-state index is -2.86. The van der Waals surface area contributed by atoms with Crippen molar-refractivity contribution in [2.24, 2.45) is 0 Å². The zero-order valence-electron chi connectivity index (χ0n) is 16.5. The number of alkyl halides is 2. The van der Waals surface area contributed by atoms with Gasteiger partial charge in [0.05, 0.1) is 25.3 Å². The summed E-state index contributed by atoms with van der Waals surface area (Å²) in [5.41, 5.74) is -0.103. The molecule has 0 bridgehead atoms. The van der Waals surface area contributed by atoms with Crippen molar-refractivity contribution >= 4 is 23.3 Å². The van der Waals surface area contributed by atoms with Gasteiger partial charge in [0.15, 0.2) is 16.3 Å². The number of ether oxygens (including phenoxy) is 2. The average molecular weight is 421 g/mol. The molecule has 0 radical (unpaired) electrons. The molecule has 2 aromatic heterocycles. The Morgan fingerprint density at radius 2 is 1.90 bits per heavy atom. The molecule has 3 aromatic rings. The first-order valence-corrected chi connectivity index (χ1v) is 9.43. The third-order valence-corrected chi connectivity index (χ3v) is 5.17. The van der Waals surface area contributed by atoms with Crippen molar-refractivity contribution in [2.45, 2.75) is 32.7 Å². The van der Waals surface area contributed by atoms with E-state index in [2.05, 4.69) is 9.97 Å². The van der Waals surface area contributed by atoms with Gasteiger partial charge < -0.3 is 9.47 Å². The minimum absolute atomic E-state index is 0.135. The zero-order chi connectivity index (χ0) is 21.3. The Bertz CT molecular complexity index is 1170. The maximum Gasteiger partial charge on any atom is 0.264 e. The third-order valence-electron chi connectivity index (χ3n) is 4.87. The van der Waals surface area contributed by atoms with Crippen molar-refractivity contribution in [3.63, 3.8) is 0 Å². The van der Waals surface area contributed by atoms with E-state index in [4.69, 9.17) is 21.7 Å². The van der Waals surface area contributed by atoms with Crippen molar-refractivity contribution in [1.29, 1.82) is 0 Å². The molecule has 1 aromatic carbocycles. The molecule has 0 spiro atoms. The van der Waals surface area contributed by atoms with Gasteiger partial charge in [-0.2, -0.15) is 0 Å². The van der Waals surface area contributed by atoms with Gasteiger partial charge in [-0.3, -0.25) is 14.3 Å². The fourth-order valence-electron chi connectivity index (χ4n) is 3.18. The van der Waals surface area contributed by atoms with Gasteiger partial charge in [0, 0.05) is 17.2 Å². The van der Waals surface area contributed by atoms with Gasteiger partial charge in [-0.25, -0.2) is 13.8 Å². The van der Waals surface area contributed by atoms with E-state index >= 15 is 0 Å². The summed E-state index contributed by atoms with van der Waals surface area (Å²) >= 11 is 5.29. The lowest BCUT2D eigenvalue weighted by molar-refractivity contribution is 0.153. The van der Waals surface area contributed by atoms with Crippen LogP contribution in [0.5, 0.6) is 11.5 Å². The molecular weight excluding hydrogens is 400 g/mol. The fourth-order valence-corrected chi connectivity index (χ4v) is 3.54. The summed E-state index contributed by atoms with van der Waals surface area (Å²) in [7, 11) is 2.99. The van der Waals surface area contributed by atoms with Crippen LogP contribution in [-0.2, 0) is 0 Å². The van der Waals surface area contributed by atoms with Crippen LogP contribution in [0.25, 0.3) is 22.3 Å². The molecule has 0 aliphatic rings. The van der Waals surface area contributed by atoms with Crippen LogP contribution in [0.3, 0.4) is 0 Å². The Morgan fingerprint density at radius 3 is 2.48 bits per heavy atom. The number of rotatable bonds is 6. The van der Waals surface area contributed by atoms with Crippen LogP contribution in [0.2, 0.25) is 0 Å². The number of hydrogen-bond donors (Lipinski definition) is 1. The van der Waals surface area contributed by atoms with Crippen LogP contribution in [0.1, 0.15) is 38.3 Å². The van der Waals surface area contributed by atoms with Gasteiger partial charge >= 0.3 is 0 Å². The van der Waals surface area contributed by atoms with E-state index in [-0.39, 0.29) is 27.5 Å². The fraction of sp³-hybridized carbons (Fsp3) is 0.350. The Morgan fingerprint density at radius 1 is 1.21 bits per heavy atom. The Balaban J connectivity index is 2.41. The predicted octanol–water partition coefficient (Wildman–Crippen LogP) is 5.05. The quantitative estimate of drug-likeness (QED) is 0.564. The molecule has 0 aliphatic heterocycles. The summed E-state index contributed by atoms with van der Waals surface area (Å²) in [6.07, 6.45) is -2.18. The average Bonchev–Trinajstić information content (AvgIpc) is 2.71. The number of halogens is 2. The number of H-pyrrole nitrogens is 1. The number of pyridine rings is 1. The van der Waals surface area contributed by atoms with E-state index < -0.39 is 17.5 Å². The second-order valence-electron chi connectivity index (χ2n) is 6.55. The van der Waals surface area contributed by atoms with Crippen molar-refractivity contribution < 1.29 is 18.3 Å². The van der Waals surface area contributed by atoms with E-state index in [1.165, 1.54) is 20.3 Å². The highest BCUT2D eigenvalue weighted by atomic mass is 32.1. The smallest absolute Gasteiger partial charge is 0.264 e. The summed E-state index contributed by atoms with van der Waals surface area (Å²) in [5.74, 6) is 0.945. The molecular formula is C20H21F2N3O3S. The molecule has 0 fully saturated rings. The van der Waals surface area contributed by atoms with Crippen LogP contribution in [0, 0.1) is 4.77 Å². The first-order chi connectivity index (χ1) is 13.8. The largest absolute Gasteiger partial charge is 0.493 e. The van der Waals surface area contributed by atoms with E-state index in [1.54, 1.807) is 22.8 Å².